The van der Waals surface area contributed by atoms with Gasteiger partial charge in [0.15, 0.2) is 5.11 Å². The molecule has 1 aliphatic heterocycles. The Morgan fingerprint density at radius 3 is 2.80 bits per heavy atom. The Morgan fingerprint density at radius 2 is 2.33 bits per heavy atom. The average Bonchev–Trinajstić information content (AvgIpc) is 2.39. The highest BCUT2D eigenvalue weighted by Gasteiger charge is 2.22. The van der Waals surface area contributed by atoms with Crippen LogP contribution < -0.4 is 10.6 Å². The zero-order chi connectivity index (χ0) is 10.6. The van der Waals surface area contributed by atoms with E-state index >= 15 is 0 Å². The summed E-state index contributed by atoms with van der Waals surface area (Å²) in [6, 6.07) is 0. The zero-order valence-electron chi connectivity index (χ0n) is 7.86. The molecule has 0 atom stereocenters. The van der Waals surface area contributed by atoms with Crippen LogP contribution in [-0.2, 0) is 9.59 Å². The van der Waals surface area contributed by atoms with Gasteiger partial charge < -0.3 is 20.6 Å². The number of hydrogen-bond acceptors (Lipinski definition) is 4. The van der Waals surface area contributed by atoms with E-state index in [1.165, 1.54) is 0 Å². The molecule has 1 heterocycles. The number of nitrogens with zero attached hydrogens (tertiary/aromatic N) is 1. The van der Waals surface area contributed by atoms with Crippen molar-refractivity contribution in [1.29, 1.82) is 0 Å². The van der Waals surface area contributed by atoms with Crippen LogP contribution in [0.4, 0.5) is 0 Å². The number of carbonyl (C=O) groups is 2. The number of aliphatic carboxylic acids is 1. The predicted octanol–water partition coefficient (Wildman–Crippen LogP) is -1.20. The molecular weight excluding hydrogens is 242 g/mol. The van der Waals surface area contributed by atoms with Gasteiger partial charge in [0.25, 0.3) is 0 Å². The molecule has 0 aromatic carbocycles. The van der Waals surface area contributed by atoms with E-state index in [-0.39, 0.29) is 31.4 Å². The van der Waals surface area contributed by atoms with Gasteiger partial charge in [-0.05, 0) is 12.2 Å². The smallest absolute Gasteiger partial charge is 0.317 e. The molecule has 8 heteroatoms. The maximum atomic E-state index is 10.9. The minimum atomic E-state index is -0.900. The van der Waals surface area contributed by atoms with Crippen LogP contribution in [0.1, 0.15) is 0 Å². The van der Waals surface area contributed by atoms with E-state index in [1.807, 2.05) is 0 Å². The van der Waals surface area contributed by atoms with E-state index in [1.54, 1.807) is 4.90 Å². The molecule has 15 heavy (non-hydrogen) atoms. The lowest BCUT2D eigenvalue weighted by molar-refractivity contribution is -0.136. The zero-order valence-corrected chi connectivity index (χ0v) is 9.49. The van der Waals surface area contributed by atoms with E-state index in [2.05, 4.69) is 10.6 Å². The average molecular weight is 254 g/mol. The van der Waals surface area contributed by atoms with Crippen molar-refractivity contribution in [3.63, 3.8) is 0 Å². The summed E-state index contributed by atoms with van der Waals surface area (Å²) in [6.07, 6.45) is 0. The molecule has 86 valence electrons. The Balaban J connectivity index is 0.00000196. The van der Waals surface area contributed by atoms with Crippen molar-refractivity contribution in [1.82, 2.24) is 15.5 Å². The lowest BCUT2D eigenvalue weighted by atomic mass is 10.5. The third-order valence-electron chi connectivity index (χ3n) is 1.70. The van der Waals surface area contributed by atoms with Crippen LogP contribution in [0.3, 0.4) is 0 Å². The van der Waals surface area contributed by atoms with E-state index < -0.39 is 5.97 Å². The molecule has 6 nitrogen and oxygen atoms in total. The summed E-state index contributed by atoms with van der Waals surface area (Å²) in [4.78, 5) is 22.7. The Hall–Kier alpha value is -0.920. The van der Waals surface area contributed by atoms with E-state index in [0.717, 1.165) is 0 Å². The Bertz CT molecular complexity index is 274. The largest absolute Gasteiger partial charge is 0.480 e. The van der Waals surface area contributed by atoms with Crippen LogP contribution in [0.25, 0.3) is 0 Å². The highest BCUT2D eigenvalue weighted by molar-refractivity contribution is 7.80. The van der Waals surface area contributed by atoms with Crippen molar-refractivity contribution in [3.8, 4) is 0 Å². The van der Waals surface area contributed by atoms with Crippen molar-refractivity contribution < 1.29 is 14.7 Å². The molecule has 0 saturated carbocycles. The Kier molecular flexibility index (Phi) is 6.14. The topological polar surface area (TPSA) is 81.7 Å². The first-order valence-corrected chi connectivity index (χ1v) is 4.51. The van der Waals surface area contributed by atoms with Crippen molar-refractivity contribution in [2.45, 2.75) is 0 Å². The Morgan fingerprint density at radius 1 is 1.67 bits per heavy atom. The second kappa shape index (κ2) is 6.54. The SMILES string of the molecule is Cl.O=C(O)CNCCN1CC(=O)NC1=S. The van der Waals surface area contributed by atoms with Crippen LogP contribution >= 0.6 is 24.6 Å². The second-order valence-corrected chi connectivity index (χ2v) is 3.23. The third kappa shape index (κ3) is 4.91. The highest BCUT2D eigenvalue weighted by Crippen LogP contribution is 1.96. The number of thiocarbonyl (C=S) groups is 1. The second-order valence-electron chi connectivity index (χ2n) is 2.85. The number of nitrogens with one attached hydrogen (secondary N) is 2. The summed E-state index contributed by atoms with van der Waals surface area (Å²) < 4.78 is 0. The summed E-state index contributed by atoms with van der Waals surface area (Å²) in [5, 5.41) is 13.9. The molecule has 1 saturated heterocycles. The fourth-order valence-corrected chi connectivity index (χ4v) is 1.34. The Labute approximate surface area is 98.4 Å². The number of hydrogen-bond donors (Lipinski definition) is 3. The van der Waals surface area contributed by atoms with E-state index in [4.69, 9.17) is 17.3 Å². The lowest BCUT2D eigenvalue weighted by Crippen LogP contribution is -2.36. The normalized spacial score (nSPS) is 14.8. The first-order chi connectivity index (χ1) is 6.59. The number of carboxylic acid groups (broad SMARTS) is 1. The van der Waals surface area contributed by atoms with Gasteiger partial charge in [0.1, 0.15) is 0 Å². The third-order valence-corrected chi connectivity index (χ3v) is 2.06. The summed E-state index contributed by atoms with van der Waals surface area (Å²) in [6.45, 7) is 1.20. The summed E-state index contributed by atoms with van der Waals surface area (Å²) in [5.74, 6) is -1.02. The van der Waals surface area contributed by atoms with Gasteiger partial charge in [-0.25, -0.2) is 0 Å². The maximum Gasteiger partial charge on any atom is 0.317 e. The van der Waals surface area contributed by atoms with Crippen molar-refractivity contribution in [2.75, 3.05) is 26.2 Å². The molecule has 0 radical (unpaired) electrons. The van der Waals surface area contributed by atoms with Gasteiger partial charge in [0.2, 0.25) is 5.91 Å². The van der Waals surface area contributed by atoms with Gasteiger partial charge in [-0.3, -0.25) is 9.59 Å². The number of halogens is 1. The lowest BCUT2D eigenvalue weighted by Gasteiger charge is -2.14. The minimum absolute atomic E-state index is 0. The molecule has 3 N–H and O–H groups in total. The van der Waals surface area contributed by atoms with Crippen LogP contribution in [0, 0.1) is 0 Å². The van der Waals surface area contributed by atoms with Crippen molar-refractivity contribution >= 4 is 41.6 Å². The van der Waals surface area contributed by atoms with Crippen LogP contribution in [0.2, 0.25) is 0 Å². The molecule has 1 aliphatic rings. The van der Waals surface area contributed by atoms with Crippen LogP contribution in [0.5, 0.6) is 0 Å². The molecule has 1 amide bonds. The molecule has 0 aromatic heterocycles. The standard InChI is InChI=1S/C7H11N3O3S.ClH/c11-5-4-10(7(14)9-5)2-1-8-3-6(12)13;/h8H,1-4H2,(H,12,13)(H,9,11,14);1H. The van der Waals surface area contributed by atoms with Crippen LogP contribution in [-0.4, -0.2) is 53.2 Å². The van der Waals surface area contributed by atoms with Crippen molar-refractivity contribution in [3.05, 3.63) is 0 Å². The van der Waals surface area contributed by atoms with Gasteiger partial charge in [-0.15, -0.1) is 12.4 Å². The van der Waals surface area contributed by atoms with Gasteiger partial charge in [0.05, 0.1) is 13.1 Å². The number of amides is 1. The van der Waals surface area contributed by atoms with Gasteiger partial charge in [-0.2, -0.15) is 0 Å². The summed E-state index contributed by atoms with van der Waals surface area (Å²) >= 11 is 4.87. The number of rotatable bonds is 5. The highest BCUT2D eigenvalue weighted by atomic mass is 35.5. The number of carbonyl (C=O) groups excluding carboxylic acids is 1. The molecule has 1 fully saturated rings. The minimum Gasteiger partial charge on any atom is -0.480 e. The fourth-order valence-electron chi connectivity index (χ4n) is 1.07. The molecule has 0 spiro atoms. The van der Waals surface area contributed by atoms with Gasteiger partial charge >= 0.3 is 5.97 Å². The molecule has 0 bridgehead atoms. The molecule has 0 aromatic rings. The van der Waals surface area contributed by atoms with Crippen molar-refractivity contribution in [2.24, 2.45) is 0 Å². The molecule has 1 rings (SSSR count). The molecular formula is C7H12ClN3O3S. The quantitative estimate of drug-likeness (QED) is 0.422. The predicted molar refractivity (Wildman–Crippen MR) is 60.1 cm³/mol. The maximum absolute atomic E-state index is 10.9. The molecule has 0 aliphatic carbocycles. The summed E-state index contributed by atoms with van der Waals surface area (Å²) in [5.41, 5.74) is 0. The fraction of sp³-hybridized carbons (Fsp3) is 0.571. The monoisotopic (exact) mass is 253 g/mol. The first-order valence-electron chi connectivity index (χ1n) is 4.11. The van der Waals surface area contributed by atoms with Crippen LogP contribution in [0.15, 0.2) is 0 Å². The first kappa shape index (κ1) is 14.1. The summed E-state index contributed by atoms with van der Waals surface area (Å²) in [7, 11) is 0. The van der Waals surface area contributed by atoms with Gasteiger partial charge in [0, 0.05) is 13.1 Å². The van der Waals surface area contributed by atoms with Gasteiger partial charge in [-0.1, -0.05) is 0 Å². The molecule has 0 unspecified atom stereocenters. The number of carboxylic acids is 1. The van der Waals surface area contributed by atoms with E-state index in [9.17, 15) is 9.59 Å². The van der Waals surface area contributed by atoms with E-state index in [0.29, 0.717) is 18.2 Å².